The second-order valence-electron chi connectivity index (χ2n) is 3.00. The molecule has 0 saturated carbocycles. The van der Waals surface area contributed by atoms with Crippen LogP contribution in [0, 0.1) is 0 Å². The number of anilines is 2. The third kappa shape index (κ3) is 2.02. The van der Waals surface area contributed by atoms with Gasteiger partial charge >= 0.3 is 0 Å². The van der Waals surface area contributed by atoms with Gasteiger partial charge in [-0.2, -0.15) is 0 Å². The fraction of sp³-hybridized carbons (Fsp3) is 0. The van der Waals surface area contributed by atoms with Crippen molar-refractivity contribution >= 4 is 17.9 Å². The Morgan fingerprint density at radius 3 is 2.33 bits per heavy atom. The van der Waals surface area contributed by atoms with Crippen molar-refractivity contribution in [2.24, 2.45) is 0 Å². The quantitative estimate of drug-likeness (QED) is 0.709. The number of nitrogens with zero attached hydrogens (tertiary/aromatic N) is 2. The molecule has 0 saturated heterocycles. The lowest BCUT2D eigenvalue weighted by atomic mass is 10.3. The van der Waals surface area contributed by atoms with Crippen LogP contribution in [-0.4, -0.2) is 11.4 Å². The van der Waals surface area contributed by atoms with Crippen molar-refractivity contribution in [2.75, 3.05) is 4.90 Å². The highest BCUT2D eigenvalue weighted by molar-refractivity contribution is 5.84. The van der Waals surface area contributed by atoms with Crippen LogP contribution >= 0.6 is 0 Å². The summed E-state index contributed by atoms with van der Waals surface area (Å²) in [7, 11) is 0. The Morgan fingerprint density at radius 1 is 1.00 bits per heavy atom. The Morgan fingerprint density at radius 2 is 1.73 bits per heavy atom. The normalized spacial score (nSPS) is 9.60. The Kier molecular flexibility index (Phi) is 2.74. The lowest BCUT2D eigenvalue weighted by molar-refractivity contribution is -0.106. The van der Waals surface area contributed by atoms with Crippen LogP contribution < -0.4 is 4.90 Å². The topological polar surface area (TPSA) is 33.2 Å². The third-order valence-corrected chi connectivity index (χ3v) is 2.04. The molecule has 0 radical (unpaired) electrons. The molecule has 2 rings (SSSR count). The molecule has 3 heteroatoms. The van der Waals surface area contributed by atoms with Crippen LogP contribution in [0.15, 0.2) is 54.7 Å². The van der Waals surface area contributed by atoms with E-state index in [1.807, 2.05) is 42.5 Å². The zero-order valence-corrected chi connectivity index (χ0v) is 8.08. The van der Waals surface area contributed by atoms with Gasteiger partial charge in [-0.05, 0) is 24.3 Å². The summed E-state index contributed by atoms with van der Waals surface area (Å²) in [5.41, 5.74) is 0.811. The zero-order chi connectivity index (χ0) is 10.5. The first-order chi connectivity index (χ1) is 7.42. The number of amides is 1. The molecular weight excluding hydrogens is 188 g/mol. The molecule has 0 unspecified atom stereocenters. The van der Waals surface area contributed by atoms with E-state index in [-0.39, 0.29) is 0 Å². The minimum Gasteiger partial charge on any atom is -0.278 e. The van der Waals surface area contributed by atoms with Crippen LogP contribution in [0.4, 0.5) is 11.5 Å². The van der Waals surface area contributed by atoms with Gasteiger partial charge < -0.3 is 0 Å². The summed E-state index contributed by atoms with van der Waals surface area (Å²) in [4.78, 5) is 16.6. The largest absolute Gasteiger partial charge is 0.278 e. The van der Waals surface area contributed by atoms with E-state index in [1.165, 1.54) is 4.90 Å². The van der Waals surface area contributed by atoms with Crippen LogP contribution in [-0.2, 0) is 4.79 Å². The molecule has 1 amide bonds. The highest BCUT2D eigenvalue weighted by Crippen LogP contribution is 2.20. The van der Waals surface area contributed by atoms with Crippen molar-refractivity contribution in [1.29, 1.82) is 0 Å². The molecule has 74 valence electrons. The van der Waals surface area contributed by atoms with Gasteiger partial charge in [0.2, 0.25) is 6.41 Å². The number of benzene rings is 1. The molecule has 1 heterocycles. The third-order valence-electron chi connectivity index (χ3n) is 2.04. The SMILES string of the molecule is O=CN(c1ccccc1)c1ccccn1. The standard InChI is InChI=1S/C12H10N2O/c15-10-14(11-6-2-1-3-7-11)12-8-4-5-9-13-12/h1-10H. The molecule has 0 aliphatic rings. The molecule has 15 heavy (non-hydrogen) atoms. The maximum absolute atomic E-state index is 11.0. The van der Waals surface area contributed by atoms with Crippen molar-refractivity contribution in [3.63, 3.8) is 0 Å². The Hall–Kier alpha value is -2.16. The summed E-state index contributed by atoms with van der Waals surface area (Å²) >= 11 is 0. The first kappa shape index (κ1) is 9.40. The van der Waals surface area contributed by atoms with Crippen molar-refractivity contribution in [1.82, 2.24) is 4.98 Å². The Bertz CT molecular complexity index is 388. The molecule has 0 aliphatic carbocycles. The molecule has 2 aromatic rings. The predicted octanol–water partition coefficient (Wildman–Crippen LogP) is 2.38. The van der Waals surface area contributed by atoms with Crippen LogP contribution in [0.25, 0.3) is 0 Å². The highest BCUT2D eigenvalue weighted by atomic mass is 16.1. The molecule has 3 nitrogen and oxygen atoms in total. The first-order valence-electron chi connectivity index (χ1n) is 4.62. The number of rotatable bonds is 3. The van der Waals surface area contributed by atoms with Gasteiger partial charge in [0, 0.05) is 6.20 Å². The molecule has 0 atom stereocenters. The summed E-state index contributed by atoms with van der Waals surface area (Å²) in [5.74, 6) is 0.624. The molecule has 0 aliphatic heterocycles. The van der Waals surface area contributed by atoms with Crippen LogP contribution in [0.1, 0.15) is 0 Å². The molecule has 0 N–H and O–H groups in total. The molecule has 0 bridgehead atoms. The van der Waals surface area contributed by atoms with Gasteiger partial charge in [0.1, 0.15) is 5.82 Å². The van der Waals surface area contributed by atoms with Gasteiger partial charge in [-0.25, -0.2) is 4.98 Å². The Balaban J connectivity index is 2.38. The van der Waals surface area contributed by atoms with Gasteiger partial charge in [0.15, 0.2) is 0 Å². The summed E-state index contributed by atoms with van der Waals surface area (Å²) in [6.07, 6.45) is 2.42. The molecular formula is C12H10N2O. The smallest absolute Gasteiger partial charge is 0.219 e. The fourth-order valence-corrected chi connectivity index (χ4v) is 1.33. The average molecular weight is 198 g/mol. The van der Waals surface area contributed by atoms with E-state index in [2.05, 4.69) is 4.98 Å². The van der Waals surface area contributed by atoms with E-state index in [0.717, 1.165) is 12.1 Å². The zero-order valence-electron chi connectivity index (χ0n) is 8.08. The maximum atomic E-state index is 11.0. The second kappa shape index (κ2) is 4.37. The van der Waals surface area contributed by atoms with Crippen molar-refractivity contribution in [3.05, 3.63) is 54.7 Å². The molecule has 1 aromatic carbocycles. The van der Waals surface area contributed by atoms with E-state index in [0.29, 0.717) is 5.82 Å². The lowest BCUT2D eigenvalue weighted by Gasteiger charge is -2.15. The number of hydrogen-bond acceptors (Lipinski definition) is 2. The summed E-state index contributed by atoms with van der Waals surface area (Å²) in [6, 6.07) is 14.9. The van der Waals surface area contributed by atoms with E-state index in [4.69, 9.17) is 0 Å². The highest BCUT2D eigenvalue weighted by Gasteiger charge is 2.07. The van der Waals surface area contributed by atoms with Gasteiger partial charge in [-0.15, -0.1) is 0 Å². The van der Waals surface area contributed by atoms with E-state index >= 15 is 0 Å². The minimum absolute atomic E-state index is 0.624. The van der Waals surface area contributed by atoms with Crippen LogP contribution in [0.2, 0.25) is 0 Å². The summed E-state index contributed by atoms with van der Waals surface area (Å²) in [6.45, 7) is 0. The molecule has 0 fully saturated rings. The molecule has 1 aromatic heterocycles. The Labute approximate surface area is 88.0 Å². The first-order valence-corrected chi connectivity index (χ1v) is 4.62. The number of pyridine rings is 1. The number of para-hydroxylation sites is 1. The van der Waals surface area contributed by atoms with Crippen molar-refractivity contribution in [3.8, 4) is 0 Å². The van der Waals surface area contributed by atoms with Gasteiger partial charge in [-0.3, -0.25) is 9.69 Å². The molecule has 0 spiro atoms. The second-order valence-corrected chi connectivity index (χ2v) is 3.00. The number of carbonyl (C=O) groups excluding carboxylic acids is 1. The van der Waals surface area contributed by atoms with Gasteiger partial charge in [0.25, 0.3) is 0 Å². The van der Waals surface area contributed by atoms with Gasteiger partial charge in [0.05, 0.1) is 5.69 Å². The number of carbonyl (C=O) groups is 1. The number of aromatic nitrogens is 1. The van der Waals surface area contributed by atoms with Crippen molar-refractivity contribution < 1.29 is 4.79 Å². The predicted molar refractivity (Wildman–Crippen MR) is 58.9 cm³/mol. The minimum atomic E-state index is 0.624. The number of hydrogen-bond donors (Lipinski definition) is 0. The van der Waals surface area contributed by atoms with E-state index < -0.39 is 0 Å². The summed E-state index contributed by atoms with van der Waals surface area (Å²) < 4.78 is 0. The fourth-order valence-electron chi connectivity index (χ4n) is 1.33. The van der Waals surface area contributed by atoms with Crippen LogP contribution in [0.3, 0.4) is 0 Å². The van der Waals surface area contributed by atoms with Crippen molar-refractivity contribution in [2.45, 2.75) is 0 Å². The van der Waals surface area contributed by atoms with Crippen LogP contribution in [0.5, 0.6) is 0 Å². The van der Waals surface area contributed by atoms with E-state index in [1.54, 1.807) is 12.3 Å². The lowest BCUT2D eigenvalue weighted by Crippen LogP contribution is -2.14. The average Bonchev–Trinajstić information content (AvgIpc) is 2.33. The monoisotopic (exact) mass is 198 g/mol. The maximum Gasteiger partial charge on any atom is 0.219 e. The van der Waals surface area contributed by atoms with E-state index in [9.17, 15) is 4.79 Å². The van der Waals surface area contributed by atoms with Gasteiger partial charge in [-0.1, -0.05) is 24.3 Å². The summed E-state index contributed by atoms with van der Waals surface area (Å²) in [5, 5.41) is 0.